The highest BCUT2D eigenvalue weighted by Crippen LogP contribution is 1.97. The van der Waals surface area contributed by atoms with E-state index >= 15 is 0 Å². The Morgan fingerprint density at radius 3 is 2.92 bits per heavy atom. The van der Waals surface area contributed by atoms with Gasteiger partial charge >= 0.3 is 0 Å². The number of unbranched alkanes of at least 4 members (excludes halogenated alkanes) is 1. The van der Waals surface area contributed by atoms with Gasteiger partial charge in [0.15, 0.2) is 6.04 Å². The SMILES string of the molecule is [N-]=[N+]=NN[C@H]([C]=O)CCCCN. The van der Waals surface area contributed by atoms with E-state index in [2.05, 4.69) is 15.6 Å². The minimum atomic E-state index is -0.507. The summed E-state index contributed by atoms with van der Waals surface area (Å²) in [7, 11) is 0. The van der Waals surface area contributed by atoms with E-state index in [1.54, 1.807) is 6.29 Å². The molecule has 0 aliphatic heterocycles. The quantitative estimate of drug-likeness (QED) is 0.190. The van der Waals surface area contributed by atoms with E-state index in [0.29, 0.717) is 13.0 Å². The average molecular weight is 170 g/mol. The molecule has 0 fully saturated rings. The summed E-state index contributed by atoms with van der Waals surface area (Å²) in [4.78, 5) is 12.7. The fourth-order valence-electron chi connectivity index (χ4n) is 0.738. The molecule has 0 bridgehead atoms. The van der Waals surface area contributed by atoms with Crippen molar-refractivity contribution in [2.24, 2.45) is 11.0 Å². The van der Waals surface area contributed by atoms with E-state index in [4.69, 9.17) is 11.3 Å². The van der Waals surface area contributed by atoms with Crippen LogP contribution in [-0.4, -0.2) is 18.9 Å². The third kappa shape index (κ3) is 5.52. The Morgan fingerprint density at radius 2 is 2.42 bits per heavy atom. The Labute approximate surface area is 70.7 Å². The minimum absolute atomic E-state index is 0.507. The number of rotatable bonds is 7. The van der Waals surface area contributed by atoms with Crippen LogP contribution in [0.25, 0.3) is 10.4 Å². The van der Waals surface area contributed by atoms with Crippen LogP contribution < -0.4 is 11.2 Å². The number of nitrogens with zero attached hydrogens (tertiary/aromatic N) is 3. The second-order valence-corrected chi connectivity index (χ2v) is 2.27. The van der Waals surface area contributed by atoms with Gasteiger partial charge in [0.1, 0.15) is 0 Å². The van der Waals surface area contributed by atoms with Crippen molar-refractivity contribution in [1.29, 1.82) is 0 Å². The molecule has 0 amide bonds. The van der Waals surface area contributed by atoms with E-state index in [1.807, 2.05) is 0 Å². The van der Waals surface area contributed by atoms with Crippen molar-refractivity contribution < 1.29 is 4.79 Å². The zero-order valence-electron chi connectivity index (χ0n) is 6.73. The van der Waals surface area contributed by atoms with Crippen molar-refractivity contribution in [2.75, 3.05) is 6.54 Å². The number of hydrogen-bond acceptors (Lipinski definition) is 3. The molecule has 0 aromatic carbocycles. The first-order valence-electron chi connectivity index (χ1n) is 3.72. The predicted molar refractivity (Wildman–Crippen MR) is 44.7 cm³/mol. The number of hydrogen-bond donors (Lipinski definition) is 2. The van der Waals surface area contributed by atoms with Gasteiger partial charge in [0.25, 0.3) is 0 Å². The lowest BCUT2D eigenvalue weighted by molar-refractivity contribution is 0.495. The maximum atomic E-state index is 10.2. The lowest BCUT2D eigenvalue weighted by Crippen LogP contribution is -2.25. The highest BCUT2D eigenvalue weighted by Gasteiger charge is 2.07. The Morgan fingerprint density at radius 1 is 1.67 bits per heavy atom. The first-order chi connectivity index (χ1) is 5.85. The van der Waals surface area contributed by atoms with Crippen molar-refractivity contribution in [3.05, 3.63) is 10.4 Å². The third-order valence-corrected chi connectivity index (χ3v) is 1.35. The zero-order valence-corrected chi connectivity index (χ0v) is 6.73. The molecule has 6 heteroatoms. The monoisotopic (exact) mass is 170 g/mol. The summed E-state index contributed by atoms with van der Waals surface area (Å²) in [5.41, 5.74) is 15.5. The topological polar surface area (TPSA) is 104 Å². The Bertz CT molecular complexity index is 165. The van der Waals surface area contributed by atoms with Crippen molar-refractivity contribution in [2.45, 2.75) is 25.3 Å². The van der Waals surface area contributed by atoms with E-state index in [-0.39, 0.29) is 0 Å². The van der Waals surface area contributed by atoms with Crippen molar-refractivity contribution in [3.63, 3.8) is 0 Å². The normalized spacial score (nSPS) is 11.4. The molecular weight excluding hydrogens is 158 g/mol. The van der Waals surface area contributed by atoms with Crippen molar-refractivity contribution in [3.8, 4) is 0 Å². The van der Waals surface area contributed by atoms with E-state index < -0.39 is 6.04 Å². The van der Waals surface area contributed by atoms with Crippen LogP contribution in [0.15, 0.2) is 5.22 Å². The Kier molecular flexibility index (Phi) is 7.02. The fourth-order valence-corrected chi connectivity index (χ4v) is 0.738. The van der Waals surface area contributed by atoms with Crippen LogP contribution in [0.5, 0.6) is 0 Å². The smallest absolute Gasteiger partial charge is 0.247 e. The molecule has 12 heavy (non-hydrogen) atoms. The molecule has 0 aromatic rings. The van der Waals surface area contributed by atoms with Crippen LogP contribution in [0, 0.1) is 0 Å². The molecule has 0 saturated carbocycles. The molecule has 0 aromatic heterocycles. The van der Waals surface area contributed by atoms with Gasteiger partial charge in [0, 0.05) is 0 Å². The van der Waals surface area contributed by atoms with Gasteiger partial charge < -0.3 is 5.73 Å². The van der Waals surface area contributed by atoms with Gasteiger partial charge in [-0.2, -0.15) is 4.91 Å². The lowest BCUT2D eigenvalue weighted by Gasteiger charge is -2.03. The van der Waals surface area contributed by atoms with Gasteiger partial charge in [-0.3, -0.25) is 10.2 Å². The van der Waals surface area contributed by atoms with Gasteiger partial charge in [-0.25, -0.2) is 0 Å². The minimum Gasteiger partial charge on any atom is -0.330 e. The summed E-state index contributed by atoms with van der Waals surface area (Å²) >= 11 is 0. The maximum Gasteiger partial charge on any atom is 0.247 e. The molecule has 0 aliphatic rings. The van der Waals surface area contributed by atoms with E-state index in [0.717, 1.165) is 12.8 Å². The molecule has 0 rings (SSSR count). The molecule has 1 atom stereocenters. The van der Waals surface area contributed by atoms with Crippen LogP contribution in [-0.2, 0) is 4.79 Å². The van der Waals surface area contributed by atoms with Crippen LogP contribution in [0.2, 0.25) is 0 Å². The number of azide groups is 1. The summed E-state index contributed by atoms with van der Waals surface area (Å²) in [5, 5.41) is 3.06. The highest BCUT2D eigenvalue weighted by atomic mass is 16.1. The maximum absolute atomic E-state index is 10.2. The molecule has 3 N–H and O–H groups in total. The van der Waals surface area contributed by atoms with E-state index in [9.17, 15) is 4.79 Å². The van der Waals surface area contributed by atoms with Crippen LogP contribution in [0.1, 0.15) is 19.3 Å². The van der Waals surface area contributed by atoms with Gasteiger partial charge in [-0.05, 0) is 31.0 Å². The fraction of sp³-hybridized carbons (Fsp3) is 0.833. The predicted octanol–water partition coefficient (Wildman–Crippen LogP) is 0.409. The Hall–Kier alpha value is -1.26. The molecule has 6 nitrogen and oxygen atoms in total. The summed E-state index contributed by atoms with van der Waals surface area (Å²) in [6.07, 6.45) is 4.01. The van der Waals surface area contributed by atoms with Gasteiger partial charge in [0.05, 0.1) is 0 Å². The molecular formula is C6H12N5O. The van der Waals surface area contributed by atoms with Crippen LogP contribution in [0.4, 0.5) is 0 Å². The van der Waals surface area contributed by atoms with Crippen molar-refractivity contribution >= 4 is 6.29 Å². The second kappa shape index (κ2) is 7.84. The molecule has 0 saturated heterocycles. The molecule has 67 valence electrons. The average Bonchev–Trinajstić information content (AvgIpc) is 2.11. The second-order valence-electron chi connectivity index (χ2n) is 2.27. The lowest BCUT2D eigenvalue weighted by atomic mass is 10.1. The zero-order chi connectivity index (χ0) is 9.23. The van der Waals surface area contributed by atoms with Gasteiger partial charge in [0.2, 0.25) is 6.29 Å². The number of nitrogens with two attached hydrogens (primary N) is 1. The largest absolute Gasteiger partial charge is 0.330 e. The third-order valence-electron chi connectivity index (χ3n) is 1.35. The molecule has 0 spiro atoms. The summed E-state index contributed by atoms with van der Waals surface area (Å²) in [6.45, 7) is 0.604. The summed E-state index contributed by atoms with van der Waals surface area (Å²) in [5.74, 6) is 0. The number of carbonyl (C=O) groups excluding carboxylic acids is 1. The molecule has 1 radical (unpaired) electrons. The Balaban J connectivity index is 3.52. The molecule has 0 unspecified atom stereocenters. The highest BCUT2D eigenvalue weighted by molar-refractivity contribution is 5.58. The molecule has 0 heterocycles. The summed E-state index contributed by atoms with van der Waals surface area (Å²) < 4.78 is 0. The van der Waals surface area contributed by atoms with E-state index in [1.165, 1.54) is 0 Å². The summed E-state index contributed by atoms with van der Waals surface area (Å²) in [6, 6.07) is -0.507. The van der Waals surface area contributed by atoms with Gasteiger partial charge in [-0.15, -0.1) is 5.53 Å². The number of nitrogens with one attached hydrogen (secondary N) is 1. The van der Waals surface area contributed by atoms with Crippen LogP contribution >= 0.6 is 0 Å². The first-order valence-corrected chi connectivity index (χ1v) is 3.72. The van der Waals surface area contributed by atoms with Crippen molar-refractivity contribution in [1.82, 2.24) is 5.43 Å². The molecule has 0 aliphatic carbocycles. The first kappa shape index (κ1) is 10.7. The van der Waals surface area contributed by atoms with Gasteiger partial charge in [-0.1, -0.05) is 0 Å². The standard InChI is InChI=1S/C6H12N5O/c7-4-2-1-3-6(5-12)9-11-10-8/h6,9H,1-4,7H2/t6-/m0/s1. The van der Waals surface area contributed by atoms with Crippen LogP contribution in [0.3, 0.4) is 0 Å².